The van der Waals surface area contributed by atoms with Gasteiger partial charge in [-0.3, -0.25) is 9.59 Å². The number of hydrogen-bond acceptors (Lipinski definition) is 6. The zero-order valence-corrected chi connectivity index (χ0v) is 25.5. The Labute approximate surface area is 255 Å². The summed E-state index contributed by atoms with van der Waals surface area (Å²) in [7, 11) is 0. The van der Waals surface area contributed by atoms with E-state index in [9.17, 15) is 18.8 Å². The number of benzene rings is 2. The van der Waals surface area contributed by atoms with Crippen LogP contribution in [0.2, 0.25) is 0 Å². The van der Waals surface area contributed by atoms with E-state index < -0.39 is 17.2 Å². The summed E-state index contributed by atoms with van der Waals surface area (Å²) < 4.78 is 25.2. The Morgan fingerprint density at radius 2 is 1.84 bits per heavy atom. The highest BCUT2D eigenvalue weighted by atomic mass is 19.1. The van der Waals surface area contributed by atoms with Crippen LogP contribution in [0.1, 0.15) is 50.6 Å². The summed E-state index contributed by atoms with van der Waals surface area (Å²) in [5, 5.41) is 6.70. The predicted octanol–water partition coefficient (Wildman–Crippen LogP) is 5.06. The van der Waals surface area contributed by atoms with Gasteiger partial charge in [0.2, 0.25) is 17.7 Å². The number of nitrogens with one attached hydrogen (secondary N) is 3. The van der Waals surface area contributed by atoms with Crippen LogP contribution in [-0.2, 0) is 27.2 Å². The van der Waals surface area contributed by atoms with Gasteiger partial charge in [0.25, 0.3) is 0 Å². The van der Waals surface area contributed by atoms with Crippen molar-refractivity contribution in [1.82, 2.24) is 25.5 Å². The quantitative estimate of drug-likeness (QED) is 0.258. The molecule has 0 spiro atoms. The molecule has 10 nitrogen and oxygen atoms in total. The number of aromatic nitrogens is 2. The van der Waals surface area contributed by atoms with Gasteiger partial charge in [-0.05, 0) is 82.9 Å². The number of aromatic amines is 1. The van der Waals surface area contributed by atoms with E-state index in [1.807, 2.05) is 30.3 Å². The Morgan fingerprint density at radius 1 is 1.11 bits per heavy atom. The second-order valence-corrected chi connectivity index (χ2v) is 12.2. The van der Waals surface area contributed by atoms with E-state index in [0.29, 0.717) is 23.8 Å². The van der Waals surface area contributed by atoms with Crippen LogP contribution in [0.5, 0.6) is 0 Å². The summed E-state index contributed by atoms with van der Waals surface area (Å²) in [5.74, 6) is -0.121. The number of nitrogens with zero attached hydrogens (tertiary/aromatic N) is 2. The number of hydrogen-bond donors (Lipinski definition) is 3. The highest BCUT2D eigenvalue weighted by Crippen LogP contribution is 2.26. The first kappa shape index (κ1) is 30.8. The molecule has 4 aromatic rings. The number of piperidine rings is 1. The molecule has 0 bridgehead atoms. The Bertz CT molecular complexity index is 1650. The molecule has 1 fully saturated rings. The molecule has 0 aliphatic carbocycles. The predicted molar refractivity (Wildman–Crippen MR) is 163 cm³/mol. The molecule has 3 amide bonds. The third-order valence-electron chi connectivity index (χ3n) is 7.73. The van der Waals surface area contributed by atoms with Crippen LogP contribution >= 0.6 is 0 Å². The first-order valence-corrected chi connectivity index (χ1v) is 14.8. The van der Waals surface area contributed by atoms with E-state index in [-0.39, 0.29) is 56.5 Å². The number of aryl methyl sites for hydroxylation is 1. The minimum Gasteiger partial charge on any atom is -0.444 e. The van der Waals surface area contributed by atoms with Crippen LogP contribution in [-0.4, -0.2) is 63.5 Å². The molecule has 0 atom stereocenters. The fourth-order valence-corrected chi connectivity index (χ4v) is 5.40. The summed E-state index contributed by atoms with van der Waals surface area (Å²) in [5.41, 5.74) is 1.05. The van der Waals surface area contributed by atoms with Gasteiger partial charge < -0.3 is 29.7 Å². The van der Waals surface area contributed by atoms with Crippen LogP contribution < -0.4 is 10.6 Å². The molecule has 11 heteroatoms. The van der Waals surface area contributed by atoms with Gasteiger partial charge in [-0.1, -0.05) is 18.2 Å². The van der Waals surface area contributed by atoms with Crippen molar-refractivity contribution in [2.45, 2.75) is 64.5 Å². The van der Waals surface area contributed by atoms with Crippen molar-refractivity contribution < 1.29 is 27.9 Å². The lowest BCUT2D eigenvalue weighted by Gasteiger charge is -2.41. The lowest BCUT2D eigenvalue weighted by molar-refractivity contribution is -0.135. The molecule has 5 rings (SSSR count). The van der Waals surface area contributed by atoms with Gasteiger partial charge >= 0.3 is 6.09 Å². The second kappa shape index (κ2) is 12.5. The normalized spacial score (nSPS) is 14.8. The molecule has 1 saturated heterocycles. The molecule has 0 saturated carbocycles. The Balaban J connectivity index is 1.28. The largest absolute Gasteiger partial charge is 0.444 e. The summed E-state index contributed by atoms with van der Waals surface area (Å²) >= 11 is 0. The van der Waals surface area contributed by atoms with Crippen LogP contribution in [0, 0.1) is 12.7 Å². The van der Waals surface area contributed by atoms with Gasteiger partial charge in [0.05, 0.1) is 12.1 Å². The molecule has 232 valence electrons. The minimum atomic E-state index is -1.25. The topological polar surface area (TPSA) is 130 Å². The smallest absolute Gasteiger partial charge is 0.410 e. The van der Waals surface area contributed by atoms with Crippen molar-refractivity contribution >= 4 is 28.8 Å². The molecule has 2 aromatic heterocycles. The highest BCUT2D eigenvalue weighted by molar-refractivity contribution is 5.92. The average molecular weight is 604 g/mol. The molecule has 0 radical (unpaired) electrons. The number of amides is 3. The van der Waals surface area contributed by atoms with Gasteiger partial charge in [-0.25, -0.2) is 14.2 Å². The molecular formula is C33H38FN5O5. The summed E-state index contributed by atoms with van der Waals surface area (Å²) in [4.78, 5) is 49.1. The minimum absolute atomic E-state index is 0.0755. The molecule has 3 heterocycles. The van der Waals surface area contributed by atoms with Crippen LogP contribution in [0.15, 0.2) is 59.1 Å². The maximum Gasteiger partial charge on any atom is 0.410 e. The van der Waals surface area contributed by atoms with E-state index >= 15 is 0 Å². The van der Waals surface area contributed by atoms with Crippen molar-refractivity contribution in [2.75, 3.05) is 19.6 Å². The van der Waals surface area contributed by atoms with E-state index in [4.69, 9.17) is 9.15 Å². The van der Waals surface area contributed by atoms with Crippen molar-refractivity contribution in [3.8, 4) is 11.5 Å². The van der Waals surface area contributed by atoms with Crippen LogP contribution in [0.4, 0.5) is 9.18 Å². The third kappa shape index (κ3) is 7.10. The average Bonchev–Trinajstić information content (AvgIpc) is 3.55. The SMILES string of the molecule is Cc1oc(-c2ccccc2)nc1CC(=O)NC1(C(=O)NCCc2c[nH]c3ccc(F)cc23)CCN(C(=O)OC(C)(C)C)CC1. The fourth-order valence-electron chi connectivity index (χ4n) is 5.40. The van der Waals surface area contributed by atoms with Gasteiger partial charge in [-0.2, -0.15) is 0 Å². The maximum absolute atomic E-state index is 13.8. The summed E-state index contributed by atoms with van der Waals surface area (Å²) in [6.45, 7) is 7.87. The maximum atomic E-state index is 13.8. The lowest BCUT2D eigenvalue weighted by atomic mass is 9.86. The molecular weight excluding hydrogens is 565 g/mol. The zero-order chi connectivity index (χ0) is 31.5. The third-order valence-corrected chi connectivity index (χ3v) is 7.73. The van der Waals surface area contributed by atoms with E-state index in [2.05, 4.69) is 20.6 Å². The molecule has 44 heavy (non-hydrogen) atoms. The van der Waals surface area contributed by atoms with Crippen molar-refractivity contribution in [3.63, 3.8) is 0 Å². The van der Waals surface area contributed by atoms with E-state index in [1.54, 1.807) is 44.9 Å². The standard InChI is InChI=1S/C33H38FN5O5/c1-21-27(37-29(43-21)22-8-6-5-7-9-22)19-28(40)38-33(13-16-39(17-14-33)31(42)44-32(2,3)4)30(41)35-15-12-23-20-36-26-11-10-24(34)18-25(23)26/h5-11,18,20,36H,12-17,19H2,1-4H3,(H,35,41)(H,38,40). The van der Waals surface area contributed by atoms with Gasteiger partial charge in [0.15, 0.2) is 0 Å². The Kier molecular flexibility index (Phi) is 8.75. The Hall–Kier alpha value is -4.67. The number of ether oxygens (including phenoxy) is 1. The van der Waals surface area contributed by atoms with E-state index in [0.717, 1.165) is 22.0 Å². The lowest BCUT2D eigenvalue weighted by Crippen LogP contribution is -2.64. The number of halogens is 1. The van der Waals surface area contributed by atoms with Crippen molar-refractivity contribution in [1.29, 1.82) is 0 Å². The summed E-state index contributed by atoms with van der Waals surface area (Å²) in [6, 6.07) is 13.9. The fraction of sp³-hybridized carbons (Fsp3) is 0.394. The molecule has 3 N–H and O–H groups in total. The summed E-state index contributed by atoms with van der Waals surface area (Å²) in [6.07, 6.45) is 2.13. The van der Waals surface area contributed by atoms with Crippen molar-refractivity contribution in [2.24, 2.45) is 0 Å². The van der Waals surface area contributed by atoms with Crippen molar-refractivity contribution in [3.05, 3.63) is 77.6 Å². The zero-order valence-electron chi connectivity index (χ0n) is 25.5. The van der Waals surface area contributed by atoms with Crippen LogP contribution in [0.25, 0.3) is 22.4 Å². The van der Waals surface area contributed by atoms with E-state index in [1.165, 1.54) is 12.1 Å². The number of carbonyl (C=O) groups is 3. The first-order chi connectivity index (χ1) is 20.9. The highest BCUT2D eigenvalue weighted by Gasteiger charge is 2.44. The first-order valence-electron chi connectivity index (χ1n) is 14.8. The molecule has 1 aliphatic rings. The molecule has 0 unspecified atom stereocenters. The number of H-pyrrole nitrogens is 1. The number of likely N-dealkylation sites (tertiary alicyclic amines) is 1. The van der Waals surface area contributed by atoms with Crippen LogP contribution in [0.3, 0.4) is 0 Å². The van der Waals surface area contributed by atoms with Gasteiger partial charge in [0.1, 0.15) is 22.7 Å². The second-order valence-electron chi connectivity index (χ2n) is 12.2. The molecule has 2 aromatic carbocycles. The van der Waals surface area contributed by atoms with Gasteiger partial charge in [0, 0.05) is 42.3 Å². The Morgan fingerprint density at radius 3 is 2.55 bits per heavy atom. The number of oxazole rings is 1. The van der Waals surface area contributed by atoms with Gasteiger partial charge in [-0.15, -0.1) is 0 Å². The number of fused-ring (bicyclic) bond motifs is 1. The monoisotopic (exact) mass is 603 g/mol. The molecule has 1 aliphatic heterocycles. The number of rotatable bonds is 8. The number of carbonyl (C=O) groups excluding carboxylic acids is 3.